The average molecular weight is 435 g/mol. The molecule has 158 valence electrons. The van der Waals surface area contributed by atoms with Crippen LogP contribution in [0.15, 0.2) is 60.7 Å². The molecule has 0 spiro atoms. The highest BCUT2D eigenvalue weighted by molar-refractivity contribution is 7.18. The molecule has 2 aromatic carbocycles. The predicted octanol–water partition coefficient (Wildman–Crippen LogP) is 5.30. The molecule has 0 bridgehead atoms. The van der Waals surface area contributed by atoms with Gasteiger partial charge in [-0.15, -0.1) is 11.3 Å². The molecule has 4 rings (SSSR count). The zero-order valence-corrected chi connectivity index (χ0v) is 17.7. The van der Waals surface area contributed by atoms with E-state index in [4.69, 9.17) is 0 Å². The van der Waals surface area contributed by atoms with E-state index < -0.39 is 0 Å². The van der Waals surface area contributed by atoms with Crippen LogP contribution < -0.4 is 21.3 Å². The van der Waals surface area contributed by atoms with Gasteiger partial charge in [-0.05, 0) is 67.8 Å². The Morgan fingerprint density at radius 1 is 0.806 bits per heavy atom. The molecule has 1 saturated carbocycles. The van der Waals surface area contributed by atoms with Crippen LogP contribution in [0.4, 0.5) is 26.9 Å². The van der Waals surface area contributed by atoms with E-state index in [2.05, 4.69) is 21.3 Å². The van der Waals surface area contributed by atoms with Crippen molar-refractivity contribution in [2.45, 2.75) is 19.8 Å². The zero-order chi connectivity index (χ0) is 21.8. The topological polar surface area (TPSA) is 99.3 Å². The van der Waals surface area contributed by atoms with Crippen molar-refractivity contribution in [1.29, 1.82) is 0 Å². The number of carbonyl (C=O) groups is 3. The van der Waals surface area contributed by atoms with Gasteiger partial charge in [0.05, 0.1) is 9.88 Å². The Morgan fingerprint density at radius 2 is 1.39 bits per heavy atom. The van der Waals surface area contributed by atoms with Gasteiger partial charge in [-0.3, -0.25) is 9.59 Å². The molecule has 0 atom stereocenters. The molecule has 1 aromatic heterocycles. The molecular formula is C23H22N4O3S. The summed E-state index contributed by atoms with van der Waals surface area (Å²) in [6, 6.07) is 17.5. The second kappa shape index (κ2) is 9.01. The van der Waals surface area contributed by atoms with Crippen LogP contribution in [0.5, 0.6) is 0 Å². The Labute approximate surface area is 183 Å². The highest BCUT2D eigenvalue weighted by atomic mass is 32.1. The molecule has 0 unspecified atom stereocenters. The van der Waals surface area contributed by atoms with Gasteiger partial charge in [-0.25, -0.2) is 4.79 Å². The molecule has 7 nitrogen and oxygen atoms in total. The van der Waals surface area contributed by atoms with Gasteiger partial charge in [0.15, 0.2) is 0 Å². The summed E-state index contributed by atoms with van der Waals surface area (Å²) in [6.07, 6.45) is 1.87. The van der Waals surface area contributed by atoms with E-state index >= 15 is 0 Å². The average Bonchev–Trinajstić information content (AvgIpc) is 3.53. The summed E-state index contributed by atoms with van der Waals surface area (Å²) in [7, 11) is 0. The first kappa shape index (κ1) is 20.6. The number of hydrogen-bond acceptors (Lipinski definition) is 4. The van der Waals surface area contributed by atoms with Crippen molar-refractivity contribution in [3.8, 4) is 0 Å². The summed E-state index contributed by atoms with van der Waals surface area (Å²) in [6.45, 7) is 1.84. The van der Waals surface area contributed by atoms with Crippen LogP contribution in [-0.4, -0.2) is 17.8 Å². The second-order valence-corrected chi connectivity index (χ2v) is 8.42. The molecule has 31 heavy (non-hydrogen) atoms. The fourth-order valence-corrected chi connectivity index (χ4v) is 3.95. The predicted molar refractivity (Wildman–Crippen MR) is 124 cm³/mol. The summed E-state index contributed by atoms with van der Waals surface area (Å²) in [5.74, 6) is -0.105. The number of amides is 4. The molecule has 1 aliphatic rings. The summed E-state index contributed by atoms with van der Waals surface area (Å²) >= 11 is 1.26. The molecule has 4 N–H and O–H groups in total. The number of anilines is 4. The lowest BCUT2D eigenvalue weighted by Crippen LogP contribution is -2.19. The minimum Gasteiger partial charge on any atom is -0.321 e. The third kappa shape index (κ3) is 5.49. The molecule has 0 radical (unpaired) electrons. The van der Waals surface area contributed by atoms with Gasteiger partial charge in [0.2, 0.25) is 5.91 Å². The van der Waals surface area contributed by atoms with Crippen molar-refractivity contribution in [3.63, 3.8) is 0 Å². The quantitative estimate of drug-likeness (QED) is 0.423. The van der Waals surface area contributed by atoms with Gasteiger partial charge in [0, 0.05) is 23.0 Å². The Balaban J connectivity index is 1.33. The van der Waals surface area contributed by atoms with Crippen LogP contribution in [0, 0.1) is 12.8 Å². The highest BCUT2D eigenvalue weighted by Crippen LogP contribution is 2.33. The fraction of sp³-hybridized carbons (Fsp3) is 0.174. The van der Waals surface area contributed by atoms with E-state index in [1.165, 1.54) is 11.3 Å². The molecule has 0 aliphatic heterocycles. The van der Waals surface area contributed by atoms with Crippen molar-refractivity contribution in [2.75, 3.05) is 21.3 Å². The monoisotopic (exact) mass is 434 g/mol. The Hall–Kier alpha value is -3.65. The standard InChI is InChI=1S/C23H22N4O3S/c1-14-13-19(27-21(28)15-7-8-15)31-20(14)22(29)24-17-9-11-18(12-10-17)26-23(30)25-16-5-3-2-4-6-16/h2-6,9-13,15H,7-8H2,1H3,(H,24,29)(H,27,28)(H2,25,26,30). The summed E-state index contributed by atoms with van der Waals surface area (Å²) in [4.78, 5) is 37.2. The largest absolute Gasteiger partial charge is 0.323 e. The van der Waals surface area contributed by atoms with Gasteiger partial charge in [0.1, 0.15) is 0 Å². The van der Waals surface area contributed by atoms with Gasteiger partial charge < -0.3 is 21.3 Å². The minimum absolute atomic E-state index is 0.0209. The molecule has 1 heterocycles. The number of para-hydroxylation sites is 1. The van der Waals surface area contributed by atoms with Gasteiger partial charge >= 0.3 is 6.03 Å². The van der Waals surface area contributed by atoms with Gasteiger partial charge in [0.25, 0.3) is 5.91 Å². The van der Waals surface area contributed by atoms with E-state index in [0.29, 0.717) is 26.9 Å². The van der Waals surface area contributed by atoms with Crippen LogP contribution in [0.25, 0.3) is 0 Å². The number of urea groups is 1. The van der Waals surface area contributed by atoms with E-state index in [-0.39, 0.29) is 23.8 Å². The molecule has 1 fully saturated rings. The maximum absolute atomic E-state index is 12.7. The minimum atomic E-state index is -0.349. The summed E-state index contributed by atoms with van der Waals surface area (Å²) in [5.41, 5.74) is 2.71. The Kier molecular flexibility index (Phi) is 5.99. The Bertz CT molecular complexity index is 1110. The lowest BCUT2D eigenvalue weighted by atomic mass is 10.2. The third-order valence-corrected chi connectivity index (χ3v) is 5.90. The number of benzene rings is 2. The smallest absolute Gasteiger partial charge is 0.321 e. The number of aryl methyl sites for hydroxylation is 1. The van der Waals surface area contributed by atoms with E-state index in [0.717, 1.165) is 18.4 Å². The van der Waals surface area contributed by atoms with Crippen LogP contribution in [-0.2, 0) is 4.79 Å². The first-order valence-corrected chi connectivity index (χ1v) is 10.8. The third-order valence-electron chi connectivity index (χ3n) is 4.75. The van der Waals surface area contributed by atoms with Gasteiger partial charge in [-0.1, -0.05) is 18.2 Å². The number of nitrogens with one attached hydrogen (secondary N) is 4. The van der Waals surface area contributed by atoms with Crippen LogP contribution in [0.3, 0.4) is 0 Å². The van der Waals surface area contributed by atoms with Crippen molar-refractivity contribution < 1.29 is 14.4 Å². The maximum atomic E-state index is 12.7. The van der Waals surface area contributed by atoms with Crippen LogP contribution >= 0.6 is 11.3 Å². The first-order chi connectivity index (χ1) is 15.0. The summed E-state index contributed by atoms with van der Waals surface area (Å²) < 4.78 is 0. The van der Waals surface area contributed by atoms with E-state index in [9.17, 15) is 14.4 Å². The SMILES string of the molecule is Cc1cc(NC(=O)C2CC2)sc1C(=O)Nc1ccc(NC(=O)Nc2ccccc2)cc1. The highest BCUT2D eigenvalue weighted by Gasteiger charge is 2.30. The number of carbonyl (C=O) groups excluding carboxylic acids is 3. The molecule has 3 aromatic rings. The lowest BCUT2D eigenvalue weighted by molar-refractivity contribution is -0.117. The van der Waals surface area contributed by atoms with Crippen molar-refractivity contribution >= 4 is 51.2 Å². The molecular weight excluding hydrogens is 412 g/mol. The zero-order valence-electron chi connectivity index (χ0n) is 16.9. The normalized spacial score (nSPS) is 12.7. The molecule has 8 heteroatoms. The fourth-order valence-electron chi connectivity index (χ4n) is 2.98. The molecule has 4 amide bonds. The maximum Gasteiger partial charge on any atom is 0.323 e. The van der Waals surface area contributed by atoms with Crippen molar-refractivity contribution in [3.05, 3.63) is 71.1 Å². The number of thiophene rings is 1. The molecule has 0 saturated heterocycles. The number of rotatable bonds is 6. The van der Waals surface area contributed by atoms with E-state index in [1.807, 2.05) is 31.2 Å². The van der Waals surface area contributed by atoms with E-state index in [1.54, 1.807) is 36.4 Å². The summed E-state index contributed by atoms with van der Waals surface area (Å²) in [5, 5.41) is 11.9. The van der Waals surface area contributed by atoms with Crippen LogP contribution in [0.2, 0.25) is 0 Å². The van der Waals surface area contributed by atoms with Crippen molar-refractivity contribution in [2.24, 2.45) is 5.92 Å². The molecule has 1 aliphatic carbocycles. The Morgan fingerprint density at radius 3 is 2.00 bits per heavy atom. The lowest BCUT2D eigenvalue weighted by Gasteiger charge is -2.09. The van der Waals surface area contributed by atoms with Crippen LogP contribution in [0.1, 0.15) is 28.1 Å². The van der Waals surface area contributed by atoms with Crippen molar-refractivity contribution in [1.82, 2.24) is 0 Å². The number of hydrogen-bond donors (Lipinski definition) is 4. The van der Waals surface area contributed by atoms with Gasteiger partial charge in [-0.2, -0.15) is 0 Å². The second-order valence-electron chi connectivity index (χ2n) is 7.36. The first-order valence-electron chi connectivity index (χ1n) is 9.94.